The first-order valence-electron chi connectivity index (χ1n) is 3.25. The molecule has 0 fully saturated rings. The highest BCUT2D eigenvalue weighted by Crippen LogP contribution is 2.24. The number of halogens is 2. The van der Waals surface area contributed by atoms with Gasteiger partial charge in [0.2, 0.25) is 5.91 Å². The molecule has 0 bridgehead atoms. The number of primary amides is 1. The molecule has 1 aromatic carbocycles. The van der Waals surface area contributed by atoms with Gasteiger partial charge in [0.15, 0.2) is 0 Å². The number of amides is 1. The lowest BCUT2D eigenvalue weighted by Gasteiger charge is -2.01. The number of hydrogen-bond acceptors (Lipinski definition) is 2. The molecule has 0 saturated heterocycles. The Kier molecular flexibility index (Phi) is 2.76. The van der Waals surface area contributed by atoms with Crippen molar-refractivity contribution in [3.63, 3.8) is 0 Å². The highest BCUT2D eigenvalue weighted by Gasteiger charge is 2.12. The molecule has 13 heavy (non-hydrogen) atoms. The number of hydrogen-bond donors (Lipinski definition) is 1. The molecule has 1 aromatic rings. The van der Waals surface area contributed by atoms with Gasteiger partial charge in [-0.25, -0.2) is 0 Å². The van der Waals surface area contributed by atoms with E-state index in [-0.39, 0.29) is 21.2 Å². The monoisotopic (exact) mass is 214 g/mol. The Labute approximate surface area is 84.7 Å². The standard InChI is InChI=1S/C8H4Cl2N2O/c9-4-1-5(8(12)13)6(3-11)7(10)2-4/h1-2H,(H2,12,13). The van der Waals surface area contributed by atoms with Crippen LogP contribution in [0.5, 0.6) is 0 Å². The molecule has 0 aliphatic rings. The van der Waals surface area contributed by atoms with Gasteiger partial charge in [-0.15, -0.1) is 0 Å². The zero-order valence-electron chi connectivity index (χ0n) is 6.34. The minimum atomic E-state index is -0.721. The van der Waals surface area contributed by atoms with Crippen molar-refractivity contribution < 1.29 is 4.79 Å². The van der Waals surface area contributed by atoms with Gasteiger partial charge in [0.25, 0.3) is 0 Å². The SMILES string of the molecule is N#Cc1c(Cl)cc(Cl)cc1C(N)=O. The van der Waals surface area contributed by atoms with Crippen molar-refractivity contribution in [3.8, 4) is 6.07 Å². The third-order valence-electron chi connectivity index (χ3n) is 1.43. The summed E-state index contributed by atoms with van der Waals surface area (Å²) in [5.74, 6) is -0.721. The molecule has 0 spiro atoms. The summed E-state index contributed by atoms with van der Waals surface area (Å²) in [7, 11) is 0. The number of nitrogens with two attached hydrogens (primary N) is 1. The Morgan fingerprint density at radius 1 is 1.46 bits per heavy atom. The van der Waals surface area contributed by atoms with Crippen molar-refractivity contribution in [3.05, 3.63) is 33.3 Å². The lowest BCUT2D eigenvalue weighted by molar-refractivity contribution is 0.1000. The maximum atomic E-state index is 10.8. The van der Waals surface area contributed by atoms with Crippen molar-refractivity contribution in [2.24, 2.45) is 5.73 Å². The van der Waals surface area contributed by atoms with Gasteiger partial charge in [-0.2, -0.15) is 5.26 Å². The van der Waals surface area contributed by atoms with E-state index in [0.717, 1.165) is 0 Å². The molecule has 1 amide bonds. The number of nitriles is 1. The topological polar surface area (TPSA) is 66.9 Å². The zero-order valence-corrected chi connectivity index (χ0v) is 7.86. The third-order valence-corrected chi connectivity index (χ3v) is 1.95. The second-order valence-electron chi connectivity index (χ2n) is 2.29. The van der Waals surface area contributed by atoms with E-state index in [0.29, 0.717) is 0 Å². The number of nitrogens with zero attached hydrogens (tertiary/aromatic N) is 1. The van der Waals surface area contributed by atoms with Crippen LogP contribution in [0.25, 0.3) is 0 Å². The molecule has 66 valence electrons. The lowest BCUT2D eigenvalue weighted by atomic mass is 10.1. The van der Waals surface area contributed by atoms with Crippen LogP contribution in [0.4, 0.5) is 0 Å². The first kappa shape index (κ1) is 9.85. The molecule has 2 N–H and O–H groups in total. The normalized spacial score (nSPS) is 9.31. The predicted molar refractivity (Wildman–Crippen MR) is 49.7 cm³/mol. The van der Waals surface area contributed by atoms with E-state index < -0.39 is 5.91 Å². The van der Waals surface area contributed by atoms with Crippen molar-refractivity contribution in [2.45, 2.75) is 0 Å². The summed E-state index contributed by atoms with van der Waals surface area (Å²) < 4.78 is 0. The smallest absolute Gasteiger partial charge is 0.250 e. The molecule has 0 unspecified atom stereocenters. The van der Waals surface area contributed by atoms with Crippen LogP contribution in [0.2, 0.25) is 10.0 Å². The minimum Gasteiger partial charge on any atom is -0.366 e. The van der Waals surface area contributed by atoms with E-state index in [1.54, 1.807) is 6.07 Å². The van der Waals surface area contributed by atoms with Crippen LogP contribution >= 0.6 is 23.2 Å². The Hall–Kier alpha value is -1.24. The van der Waals surface area contributed by atoms with E-state index in [4.69, 9.17) is 34.2 Å². The van der Waals surface area contributed by atoms with E-state index in [1.807, 2.05) is 0 Å². The number of carbonyl (C=O) groups excluding carboxylic acids is 1. The Balaban J connectivity index is 3.50. The molecule has 0 atom stereocenters. The van der Waals surface area contributed by atoms with Crippen LogP contribution in [0.1, 0.15) is 15.9 Å². The van der Waals surface area contributed by atoms with Gasteiger partial charge in [0.1, 0.15) is 6.07 Å². The first-order chi connectivity index (χ1) is 6.06. The molecule has 0 saturated carbocycles. The summed E-state index contributed by atoms with van der Waals surface area (Å²) in [5.41, 5.74) is 5.12. The molecule has 0 aliphatic carbocycles. The van der Waals surface area contributed by atoms with Crippen molar-refractivity contribution >= 4 is 29.1 Å². The van der Waals surface area contributed by atoms with E-state index in [1.165, 1.54) is 12.1 Å². The fraction of sp³-hybridized carbons (Fsp3) is 0. The van der Waals surface area contributed by atoms with E-state index in [2.05, 4.69) is 0 Å². The van der Waals surface area contributed by atoms with Crippen LogP contribution in [-0.2, 0) is 0 Å². The van der Waals surface area contributed by atoms with Gasteiger partial charge >= 0.3 is 0 Å². The summed E-state index contributed by atoms with van der Waals surface area (Å²) in [5, 5.41) is 9.06. The fourth-order valence-corrected chi connectivity index (χ4v) is 1.42. The van der Waals surface area contributed by atoms with Crippen LogP contribution in [0.15, 0.2) is 12.1 Å². The Morgan fingerprint density at radius 2 is 2.08 bits per heavy atom. The van der Waals surface area contributed by atoms with E-state index in [9.17, 15) is 4.79 Å². The summed E-state index contributed by atoms with van der Waals surface area (Å²) in [6, 6.07) is 4.48. The van der Waals surface area contributed by atoms with Gasteiger partial charge in [-0.05, 0) is 12.1 Å². The fourth-order valence-electron chi connectivity index (χ4n) is 0.882. The summed E-state index contributed by atoms with van der Waals surface area (Å²) in [6.07, 6.45) is 0. The highest BCUT2D eigenvalue weighted by atomic mass is 35.5. The molecular formula is C8H4Cl2N2O. The van der Waals surface area contributed by atoms with Crippen molar-refractivity contribution in [1.82, 2.24) is 0 Å². The Bertz CT molecular complexity index is 409. The Morgan fingerprint density at radius 3 is 2.54 bits per heavy atom. The summed E-state index contributed by atoms with van der Waals surface area (Å²) in [4.78, 5) is 10.8. The largest absolute Gasteiger partial charge is 0.366 e. The molecular weight excluding hydrogens is 211 g/mol. The van der Waals surface area contributed by atoms with Crippen LogP contribution < -0.4 is 5.73 Å². The third kappa shape index (κ3) is 1.92. The van der Waals surface area contributed by atoms with Gasteiger partial charge in [-0.1, -0.05) is 23.2 Å². The highest BCUT2D eigenvalue weighted by molar-refractivity contribution is 6.36. The number of benzene rings is 1. The van der Waals surface area contributed by atoms with Gasteiger partial charge in [0, 0.05) is 5.02 Å². The summed E-state index contributed by atoms with van der Waals surface area (Å²) in [6.45, 7) is 0. The first-order valence-corrected chi connectivity index (χ1v) is 4.01. The zero-order chi connectivity index (χ0) is 10.0. The second-order valence-corrected chi connectivity index (χ2v) is 3.13. The maximum Gasteiger partial charge on any atom is 0.250 e. The van der Waals surface area contributed by atoms with Crippen LogP contribution in [0, 0.1) is 11.3 Å². The average molecular weight is 215 g/mol. The van der Waals surface area contributed by atoms with Gasteiger partial charge in [0.05, 0.1) is 16.1 Å². The molecule has 3 nitrogen and oxygen atoms in total. The van der Waals surface area contributed by atoms with E-state index >= 15 is 0 Å². The summed E-state index contributed by atoms with van der Waals surface area (Å²) >= 11 is 11.3. The lowest BCUT2D eigenvalue weighted by Crippen LogP contribution is -2.13. The van der Waals surface area contributed by atoms with Crippen LogP contribution in [-0.4, -0.2) is 5.91 Å². The molecule has 5 heteroatoms. The second kappa shape index (κ2) is 3.65. The molecule has 0 heterocycles. The quantitative estimate of drug-likeness (QED) is 0.777. The molecule has 0 radical (unpaired) electrons. The molecule has 0 aliphatic heterocycles. The number of carbonyl (C=O) groups is 1. The average Bonchev–Trinajstić information content (AvgIpc) is 2.02. The minimum absolute atomic E-state index is 0.0417. The van der Waals surface area contributed by atoms with Crippen molar-refractivity contribution in [1.29, 1.82) is 5.26 Å². The van der Waals surface area contributed by atoms with Crippen molar-refractivity contribution in [2.75, 3.05) is 0 Å². The van der Waals surface area contributed by atoms with Crippen LogP contribution in [0.3, 0.4) is 0 Å². The van der Waals surface area contributed by atoms with Gasteiger partial charge < -0.3 is 5.73 Å². The van der Waals surface area contributed by atoms with Gasteiger partial charge in [-0.3, -0.25) is 4.79 Å². The molecule has 0 aromatic heterocycles. The predicted octanol–water partition coefficient (Wildman–Crippen LogP) is 1.96. The maximum absolute atomic E-state index is 10.8. The number of rotatable bonds is 1. The molecule has 1 rings (SSSR count).